The Bertz CT molecular complexity index is 811. The van der Waals surface area contributed by atoms with E-state index in [0.717, 1.165) is 12.8 Å². The molecule has 1 N–H and O–H groups in total. The van der Waals surface area contributed by atoms with Crippen LogP contribution in [-0.2, 0) is 4.79 Å². The van der Waals surface area contributed by atoms with E-state index in [1.165, 1.54) is 36.4 Å². The van der Waals surface area contributed by atoms with E-state index in [9.17, 15) is 27.5 Å². The second-order valence-electron chi connectivity index (χ2n) is 6.74. The summed E-state index contributed by atoms with van der Waals surface area (Å²) in [5.41, 5.74) is 1.23. The SMILES string of the molecule is O=C(O)C(CC1CC1)c1ccc(-c2ccc(F)cc2)c(OCC(F)(F)F)c1. The number of ether oxygens (including phenoxy) is 1. The Kier molecular flexibility index (Phi) is 5.39. The standard InChI is InChI=1S/C20H18F4O3/c21-15-6-3-13(4-7-15)16-8-5-14(10-18(16)27-11-20(22,23)24)17(19(25)26)9-12-1-2-12/h3-8,10,12,17H,1-2,9,11H2,(H,25,26). The average Bonchev–Trinajstić information content (AvgIpc) is 3.42. The van der Waals surface area contributed by atoms with Crippen molar-refractivity contribution in [1.29, 1.82) is 0 Å². The highest BCUT2D eigenvalue weighted by molar-refractivity contribution is 5.78. The van der Waals surface area contributed by atoms with Gasteiger partial charge in [-0.2, -0.15) is 13.2 Å². The number of carbonyl (C=O) groups is 1. The van der Waals surface area contributed by atoms with Gasteiger partial charge < -0.3 is 9.84 Å². The van der Waals surface area contributed by atoms with Gasteiger partial charge in [-0.05, 0) is 41.7 Å². The summed E-state index contributed by atoms with van der Waals surface area (Å²) < 4.78 is 56.0. The van der Waals surface area contributed by atoms with Crippen LogP contribution in [0.2, 0.25) is 0 Å². The van der Waals surface area contributed by atoms with Gasteiger partial charge in [0.15, 0.2) is 6.61 Å². The van der Waals surface area contributed by atoms with Crippen molar-refractivity contribution in [2.24, 2.45) is 5.92 Å². The molecule has 7 heteroatoms. The molecule has 0 radical (unpaired) electrons. The number of aliphatic carboxylic acids is 1. The van der Waals surface area contributed by atoms with Gasteiger partial charge in [-0.25, -0.2) is 4.39 Å². The zero-order valence-corrected chi connectivity index (χ0v) is 14.3. The van der Waals surface area contributed by atoms with Gasteiger partial charge in [0.25, 0.3) is 0 Å². The van der Waals surface area contributed by atoms with Crippen LogP contribution in [0.25, 0.3) is 11.1 Å². The summed E-state index contributed by atoms with van der Waals surface area (Å²) >= 11 is 0. The molecule has 3 nitrogen and oxygen atoms in total. The van der Waals surface area contributed by atoms with Crippen LogP contribution in [0.4, 0.5) is 17.6 Å². The van der Waals surface area contributed by atoms with Gasteiger partial charge in [-0.1, -0.05) is 37.1 Å². The van der Waals surface area contributed by atoms with Crippen molar-refractivity contribution in [3.05, 3.63) is 53.8 Å². The van der Waals surface area contributed by atoms with Crippen molar-refractivity contribution < 1.29 is 32.2 Å². The third-order valence-electron chi connectivity index (χ3n) is 4.52. The lowest BCUT2D eigenvalue weighted by atomic mass is 9.91. The van der Waals surface area contributed by atoms with Crippen molar-refractivity contribution >= 4 is 5.97 Å². The van der Waals surface area contributed by atoms with E-state index >= 15 is 0 Å². The van der Waals surface area contributed by atoms with Crippen molar-refractivity contribution in [3.63, 3.8) is 0 Å². The first-order valence-corrected chi connectivity index (χ1v) is 8.55. The van der Waals surface area contributed by atoms with Gasteiger partial charge >= 0.3 is 12.1 Å². The van der Waals surface area contributed by atoms with Crippen LogP contribution in [0.5, 0.6) is 5.75 Å². The molecule has 0 aromatic heterocycles. The maximum atomic E-state index is 13.1. The molecule has 0 aliphatic heterocycles. The van der Waals surface area contributed by atoms with Crippen molar-refractivity contribution in [3.8, 4) is 16.9 Å². The van der Waals surface area contributed by atoms with E-state index in [4.69, 9.17) is 4.74 Å². The number of rotatable bonds is 7. The minimum atomic E-state index is -4.53. The molecule has 3 rings (SSSR count). The number of alkyl halides is 3. The minimum Gasteiger partial charge on any atom is -0.483 e. The molecule has 1 unspecified atom stereocenters. The molecule has 1 aliphatic carbocycles. The Labute approximate surface area is 153 Å². The Balaban J connectivity index is 1.97. The molecule has 2 aromatic carbocycles. The second kappa shape index (κ2) is 7.58. The van der Waals surface area contributed by atoms with Crippen LogP contribution in [0, 0.1) is 11.7 Å². The van der Waals surface area contributed by atoms with E-state index in [0.29, 0.717) is 29.0 Å². The molecule has 1 fully saturated rings. The van der Waals surface area contributed by atoms with Gasteiger partial charge in [0.1, 0.15) is 11.6 Å². The first-order valence-electron chi connectivity index (χ1n) is 8.55. The Morgan fingerprint density at radius 1 is 1.15 bits per heavy atom. The maximum absolute atomic E-state index is 13.1. The third-order valence-corrected chi connectivity index (χ3v) is 4.52. The number of carboxylic acids is 1. The quantitative estimate of drug-likeness (QED) is 0.652. The highest BCUT2D eigenvalue weighted by Crippen LogP contribution is 2.41. The fourth-order valence-corrected chi connectivity index (χ4v) is 2.97. The summed E-state index contributed by atoms with van der Waals surface area (Å²) in [6.07, 6.45) is -2.15. The zero-order chi connectivity index (χ0) is 19.6. The molecule has 144 valence electrons. The van der Waals surface area contributed by atoms with Crippen LogP contribution < -0.4 is 4.74 Å². The number of hydrogen-bond acceptors (Lipinski definition) is 2. The summed E-state index contributed by atoms with van der Waals surface area (Å²) in [5, 5.41) is 9.51. The van der Waals surface area contributed by atoms with Crippen LogP contribution in [0.3, 0.4) is 0 Å². The topological polar surface area (TPSA) is 46.5 Å². The van der Waals surface area contributed by atoms with E-state index in [2.05, 4.69) is 0 Å². The van der Waals surface area contributed by atoms with Crippen molar-refractivity contribution in [1.82, 2.24) is 0 Å². The molecule has 1 aliphatic rings. The van der Waals surface area contributed by atoms with E-state index in [1.54, 1.807) is 6.07 Å². The Hall–Kier alpha value is -2.57. The first kappa shape index (κ1) is 19.2. The van der Waals surface area contributed by atoms with Crippen LogP contribution >= 0.6 is 0 Å². The number of carboxylic acid groups (broad SMARTS) is 1. The monoisotopic (exact) mass is 382 g/mol. The van der Waals surface area contributed by atoms with Crippen molar-refractivity contribution in [2.45, 2.75) is 31.4 Å². The molecule has 1 atom stereocenters. The summed E-state index contributed by atoms with van der Waals surface area (Å²) in [7, 11) is 0. The predicted molar refractivity (Wildman–Crippen MR) is 91.1 cm³/mol. The fourth-order valence-electron chi connectivity index (χ4n) is 2.97. The normalized spacial score (nSPS) is 15.4. The average molecular weight is 382 g/mol. The lowest BCUT2D eigenvalue weighted by molar-refractivity contribution is -0.153. The van der Waals surface area contributed by atoms with Gasteiger partial charge in [0.2, 0.25) is 0 Å². The number of halogens is 4. The molecule has 0 saturated heterocycles. The first-order chi connectivity index (χ1) is 12.7. The number of benzene rings is 2. The van der Waals surface area contributed by atoms with Crippen molar-refractivity contribution in [2.75, 3.05) is 6.61 Å². The maximum Gasteiger partial charge on any atom is 0.422 e. The predicted octanol–water partition coefficient (Wildman–Crippen LogP) is 5.40. The molecule has 27 heavy (non-hydrogen) atoms. The molecular weight excluding hydrogens is 364 g/mol. The van der Waals surface area contributed by atoms with Gasteiger partial charge in [0.05, 0.1) is 5.92 Å². The Morgan fingerprint density at radius 3 is 2.37 bits per heavy atom. The highest BCUT2D eigenvalue weighted by atomic mass is 19.4. The molecule has 0 spiro atoms. The van der Waals surface area contributed by atoms with Gasteiger partial charge in [-0.3, -0.25) is 4.79 Å². The summed E-state index contributed by atoms with van der Waals surface area (Å²) in [4.78, 5) is 11.6. The number of hydrogen-bond donors (Lipinski definition) is 1. The smallest absolute Gasteiger partial charge is 0.422 e. The van der Waals surface area contributed by atoms with Gasteiger partial charge in [-0.15, -0.1) is 0 Å². The fraction of sp³-hybridized carbons (Fsp3) is 0.350. The van der Waals surface area contributed by atoms with Crippen LogP contribution in [-0.4, -0.2) is 23.9 Å². The Morgan fingerprint density at radius 2 is 1.81 bits per heavy atom. The molecule has 0 heterocycles. The summed E-state index contributed by atoms with van der Waals surface area (Å²) in [5.74, 6) is -2.02. The minimum absolute atomic E-state index is 0.0709. The molecule has 1 saturated carbocycles. The summed E-state index contributed by atoms with van der Waals surface area (Å²) in [6.45, 7) is -1.50. The summed E-state index contributed by atoms with van der Waals surface area (Å²) in [6, 6.07) is 9.73. The lowest BCUT2D eigenvalue weighted by Crippen LogP contribution is -2.20. The van der Waals surface area contributed by atoms with E-state index in [1.807, 2.05) is 0 Å². The van der Waals surface area contributed by atoms with E-state index in [-0.39, 0.29) is 5.75 Å². The third kappa shape index (κ3) is 5.21. The van der Waals surface area contributed by atoms with Crippen LogP contribution in [0.15, 0.2) is 42.5 Å². The van der Waals surface area contributed by atoms with Crippen LogP contribution in [0.1, 0.15) is 30.7 Å². The highest BCUT2D eigenvalue weighted by Gasteiger charge is 2.32. The van der Waals surface area contributed by atoms with Gasteiger partial charge in [0, 0.05) is 5.56 Å². The second-order valence-corrected chi connectivity index (χ2v) is 6.74. The molecule has 0 amide bonds. The van der Waals surface area contributed by atoms with E-state index < -0.39 is 30.5 Å². The zero-order valence-electron chi connectivity index (χ0n) is 14.3. The molecule has 0 bridgehead atoms. The lowest BCUT2D eigenvalue weighted by Gasteiger charge is -2.18. The largest absolute Gasteiger partial charge is 0.483 e. The molecular formula is C20H18F4O3. The molecule has 2 aromatic rings.